The van der Waals surface area contributed by atoms with Crippen molar-refractivity contribution in [3.63, 3.8) is 0 Å². The monoisotopic (exact) mass is 229 g/mol. The molecule has 17 heavy (non-hydrogen) atoms. The van der Waals surface area contributed by atoms with Crippen LogP contribution in [0.25, 0.3) is 0 Å². The van der Waals surface area contributed by atoms with Gasteiger partial charge in [0.15, 0.2) is 0 Å². The standard InChI is InChI=1S/C16H23N/c1-5-6-7-8-9-14(2)15-10-12-16(13-11-15)17(3)4/h5-8,10-14H,9H2,1-4H3/t14-/m0/s1. The third-order valence-corrected chi connectivity index (χ3v) is 2.91. The molecule has 0 amide bonds. The number of hydrogen-bond donors (Lipinski definition) is 0. The summed E-state index contributed by atoms with van der Waals surface area (Å²) in [5.41, 5.74) is 2.66. The first-order valence-electron chi connectivity index (χ1n) is 6.20. The molecule has 1 rings (SSSR count). The van der Waals surface area contributed by atoms with E-state index in [1.807, 2.05) is 13.0 Å². The zero-order valence-corrected chi connectivity index (χ0v) is 11.4. The minimum atomic E-state index is 0.577. The fourth-order valence-corrected chi connectivity index (χ4v) is 1.71. The molecular weight excluding hydrogens is 206 g/mol. The summed E-state index contributed by atoms with van der Waals surface area (Å²) in [7, 11) is 4.14. The number of anilines is 1. The molecule has 0 saturated carbocycles. The molecule has 1 aromatic rings. The summed E-state index contributed by atoms with van der Waals surface area (Å²) in [5.74, 6) is 0.577. The molecule has 0 saturated heterocycles. The highest BCUT2D eigenvalue weighted by molar-refractivity contribution is 5.46. The molecule has 1 heteroatoms. The van der Waals surface area contributed by atoms with Gasteiger partial charge in [0.25, 0.3) is 0 Å². The summed E-state index contributed by atoms with van der Waals surface area (Å²) < 4.78 is 0. The lowest BCUT2D eigenvalue weighted by atomic mass is 9.97. The Bertz CT molecular complexity index is 371. The first-order valence-corrected chi connectivity index (χ1v) is 6.20. The van der Waals surface area contributed by atoms with Crippen LogP contribution < -0.4 is 4.90 Å². The lowest BCUT2D eigenvalue weighted by Crippen LogP contribution is -2.08. The highest BCUT2D eigenvalue weighted by Gasteiger charge is 2.03. The van der Waals surface area contributed by atoms with Crippen molar-refractivity contribution in [3.8, 4) is 0 Å². The Morgan fingerprint density at radius 1 is 1.12 bits per heavy atom. The average Bonchev–Trinajstić information content (AvgIpc) is 2.34. The molecule has 0 unspecified atom stereocenters. The Morgan fingerprint density at radius 3 is 2.29 bits per heavy atom. The molecule has 0 aliphatic rings. The van der Waals surface area contributed by atoms with Crippen LogP contribution in [-0.4, -0.2) is 14.1 Å². The maximum Gasteiger partial charge on any atom is 0.0361 e. The Hall–Kier alpha value is -1.50. The van der Waals surface area contributed by atoms with Crippen molar-refractivity contribution in [2.45, 2.75) is 26.2 Å². The number of rotatable bonds is 5. The average molecular weight is 229 g/mol. The molecule has 1 atom stereocenters. The second kappa shape index (κ2) is 6.95. The molecule has 0 N–H and O–H groups in total. The Kier molecular flexibility index (Phi) is 5.55. The Morgan fingerprint density at radius 2 is 1.76 bits per heavy atom. The van der Waals surface area contributed by atoms with Crippen LogP contribution >= 0.6 is 0 Å². The molecule has 0 spiro atoms. The normalized spacial score (nSPS) is 13.4. The van der Waals surface area contributed by atoms with Crippen molar-refractivity contribution >= 4 is 5.69 Å². The van der Waals surface area contributed by atoms with E-state index in [1.165, 1.54) is 11.3 Å². The molecule has 0 bridgehead atoms. The van der Waals surface area contributed by atoms with Crippen LogP contribution in [0.3, 0.4) is 0 Å². The van der Waals surface area contributed by atoms with E-state index in [2.05, 4.69) is 68.4 Å². The maximum atomic E-state index is 2.27. The lowest BCUT2D eigenvalue weighted by Gasteiger charge is -2.14. The minimum Gasteiger partial charge on any atom is -0.378 e. The molecule has 92 valence electrons. The predicted molar refractivity (Wildman–Crippen MR) is 77.8 cm³/mol. The van der Waals surface area contributed by atoms with E-state index in [-0.39, 0.29) is 0 Å². The van der Waals surface area contributed by atoms with Crippen LogP contribution in [-0.2, 0) is 0 Å². The molecule has 1 aromatic carbocycles. The molecule has 0 aromatic heterocycles. The molecule has 0 aliphatic carbocycles. The zero-order chi connectivity index (χ0) is 12.7. The lowest BCUT2D eigenvalue weighted by molar-refractivity contribution is 0.780. The van der Waals surface area contributed by atoms with Gasteiger partial charge in [0, 0.05) is 19.8 Å². The van der Waals surface area contributed by atoms with Crippen molar-refractivity contribution in [1.29, 1.82) is 0 Å². The van der Waals surface area contributed by atoms with Crippen LogP contribution in [0.4, 0.5) is 5.69 Å². The third-order valence-electron chi connectivity index (χ3n) is 2.91. The molecule has 0 heterocycles. The van der Waals surface area contributed by atoms with Crippen LogP contribution in [0, 0.1) is 0 Å². The van der Waals surface area contributed by atoms with E-state index in [0.29, 0.717) is 5.92 Å². The second-order valence-corrected chi connectivity index (χ2v) is 4.58. The van der Waals surface area contributed by atoms with Crippen molar-refractivity contribution < 1.29 is 0 Å². The maximum absolute atomic E-state index is 2.27. The minimum absolute atomic E-state index is 0.577. The summed E-state index contributed by atoms with van der Waals surface area (Å²) in [4.78, 5) is 2.13. The van der Waals surface area contributed by atoms with Gasteiger partial charge in [-0.15, -0.1) is 0 Å². The number of allylic oxidation sites excluding steroid dienone is 4. The number of nitrogens with zero attached hydrogens (tertiary/aromatic N) is 1. The van der Waals surface area contributed by atoms with Crippen LogP contribution in [0.5, 0.6) is 0 Å². The topological polar surface area (TPSA) is 3.24 Å². The quantitative estimate of drug-likeness (QED) is 0.677. The van der Waals surface area contributed by atoms with Gasteiger partial charge in [-0.25, -0.2) is 0 Å². The van der Waals surface area contributed by atoms with Gasteiger partial charge in [0.2, 0.25) is 0 Å². The third kappa shape index (κ3) is 4.48. The molecule has 1 nitrogen and oxygen atoms in total. The van der Waals surface area contributed by atoms with Crippen molar-refractivity contribution in [3.05, 3.63) is 54.1 Å². The summed E-state index contributed by atoms with van der Waals surface area (Å²) >= 11 is 0. The van der Waals surface area contributed by atoms with E-state index in [9.17, 15) is 0 Å². The van der Waals surface area contributed by atoms with Crippen LogP contribution in [0.1, 0.15) is 31.7 Å². The first kappa shape index (κ1) is 13.6. The summed E-state index contributed by atoms with van der Waals surface area (Å²) in [6, 6.07) is 8.82. The van der Waals surface area contributed by atoms with Crippen molar-refractivity contribution in [1.82, 2.24) is 0 Å². The smallest absolute Gasteiger partial charge is 0.0361 e. The first-order chi connectivity index (χ1) is 8.15. The van der Waals surface area contributed by atoms with Gasteiger partial charge >= 0.3 is 0 Å². The molecule has 0 fully saturated rings. The van der Waals surface area contributed by atoms with Crippen LogP contribution in [0.15, 0.2) is 48.6 Å². The fourth-order valence-electron chi connectivity index (χ4n) is 1.71. The van der Waals surface area contributed by atoms with Crippen LogP contribution in [0.2, 0.25) is 0 Å². The Balaban J connectivity index is 2.60. The van der Waals surface area contributed by atoms with Crippen molar-refractivity contribution in [2.75, 3.05) is 19.0 Å². The molecule has 0 radical (unpaired) electrons. The molecular formula is C16H23N. The van der Waals surface area contributed by atoms with E-state index >= 15 is 0 Å². The van der Waals surface area contributed by atoms with Gasteiger partial charge in [-0.2, -0.15) is 0 Å². The predicted octanol–water partition coefficient (Wildman–Crippen LogP) is 4.38. The van der Waals surface area contributed by atoms with E-state index in [4.69, 9.17) is 0 Å². The Labute approximate surface area is 105 Å². The SMILES string of the molecule is CC=CC=CC[C@H](C)c1ccc(N(C)C)cc1. The summed E-state index contributed by atoms with van der Waals surface area (Å²) in [6.07, 6.45) is 9.55. The van der Waals surface area contributed by atoms with Crippen molar-refractivity contribution in [2.24, 2.45) is 0 Å². The zero-order valence-electron chi connectivity index (χ0n) is 11.4. The highest BCUT2D eigenvalue weighted by Crippen LogP contribution is 2.22. The van der Waals surface area contributed by atoms with E-state index in [1.54, 1.807) is 0 Å². The van der Waals surface area contributed by atoms with Gasteiger partial charge in [-0.3, -0.25) is 0 Å². The van der Waals surface area contributed by atoms with Gasteiger partial charge in [-0.05, 0) is 37.0 Å². The number of benzene rings is 1. The number of hydrogen-bond acceptors (Lipinski definition) is 1. The largest absolute Gasteiger partial charge is 0.378 e. The summed E-state index contributed by atoms with van der Waals surface area (Å²) in [6.45, 7) is 4.30. The van der Waals surface area contributed by atoms with Gasteiger partial charge in [0.05, 0.1) is 0 Å². The van der Waals surface area contributed by atoms with Gasteiger partial charge in [0.1, 0.15) is 0 Å². The van der Waals surface area contributed by atoms with E-state index < -0.39 is 0 Å². The van der Waals surface area contributed by atoms with Gasteiger partial charge < -0.3 is 4.90 Å². The highest BCUT2D eigenvalue weighted by atomic mass is 15.1. The summed E-state index contributed by atoms with van der Waals surface area (Å²) in [5, 5.41) is 0. The fraction of sp³-hybridized carbons (Fsp3) is 0.375. The van der Waals surface area contributed by atoms with Gasteiger partial charge in [-0.1, -0.05) is 43.4 Å². The molecule has 0 aliphatic heterocycles. The van der Waals surface area contributed by atoms with E-state index in [0.717, 1.165) is 6.42 Å². The second-order valence-electron chi connectivity index (χ2n) is 4.58.